The van der Waals surface area contributed by atoms with Crippen LogP contribution in [0.1, 0.15) is 40.5 Å². The molecule has 0 saturated carbocycles. The second-order valence-corrected chi connectivity index (χ2v) is 4.62. The van der Waals surface area contributed by atoms with Crippen molar-refractivity contribution in [3.05, 3.63) is 12.7 Å². The molecule has 3 heteroatoms. The van der Waals surface area contributed by atoms with E-state index in [4.69, 9.17) is 4.74 Å². The fourth-order valence-electron chi connectivity index (χ4n) is 1.16. The van der Waals surface area contributed by atoms with Crippen molar-refractivity contribution in [3.63, 3.8) is 0 Å². The number of carbonyl (C=O) groups is 1. The van der Waals surface area contributed by atoms with E-state index in [9.17, 15) is 4.79 Å². The molecule has 0 aromatic rings. The minimum absolute atomic E-state index is 0.346. The number of nitrogens with one attached hydrogen (secondary N) is 1. The zero-order valence-electron chi connectivity index (χ0n) is 10.3. The van der Waals surface area contributed by atoms with Gasteiger partial charge in [-0.15, -0.1) is 6.58 Å². The average molecular weight is 213 g/mol. The van der Waals surface area contributed by atoms with Gasteiger partial charge in [0.05, 0.1) is 0 Å². The van der Waals surface area contributed by atoms with Gasteiger partial charge in [-0.3, -0.25) is 0 Å². The van der Waals surface area contributed by atoms with Gasteiger partial charge in [-0.1, -0.05) is 13.0 Å². The lowest BCUT2D eigenvalue weighted by Gasteiger charge is -2.20. The van der Waals surface area contributed by atoms with Crippen LogP contribution in [0.15, 0.2) is 12.7 Å². The monoisotopic (exact) mass is 213 g/mol. The molecule has 15 heavy (non-hydrogen) atoms. The maximum Gasteiger partial charge on any atom is 0.407 e. The molecule has 0 heterocycles. The van der Waals surface area contributed by atoms with E-state index in [1.807, 2.05) is 26.8 Å². The van der Waals surface area contributed by atoms with Gasteiger partial charge in [0.25, 0.3) is 0 Å². The number of allylic oxidation sites excluding steroid dienone is 1. The van der Waals surface area contributed by atoms with Crippen molar-refractivity contribution in [2.75, 3.05) is 6.54 Å². The van der Waals surface area contributed by atoms with Crippen molar-refractivity contribution in [2.24, 2.45) is 5.92 Å². The lowest BCUT2D eigenvalue weighted by atomic mass is 10.0. The topological polar surface area (TPSA) is 38.3 Å². The van der Waals surface area contributed by atoms with E-state index in [0.717, 1.165) is 12.8 Å². The van der Waals surface area contributed by atoms with Gasteiger partial charge in [0.1, 0.15) is 5.60 Å². The van der Waals surface area contributed by atoms with E-state index in [-0.39, 0.29) is 6.09 Å². The molecule has 0 rings (SSSR count). The molecule has 0 aromatic carbocycles. The van der Waals surface area contributed by atoms with Crippen LogP contribution < -0.4 is 5.32 Å². The average Bonchev–Trinajstić information content (AvgIpc) is 2.09. The van der Waals surface area contributed by atoms with E-state index >= 15 is 0 Å². The third-order valence-electron chi connectivity index (χ3n) is 2.04. The summed E-state index contributed by atoms with van der Waals surface area (Å²) >= 11 is 0. The molecule has 1 amide bonds. The lowest BCUT2D eigenvalue weighted by molar-refractivity contribution is 0.0526. The van der Waals surface area contributed by atoms with Gasteiger partial charge in [-0.05, 0) is 39.5 Å². The summed E-state index contributed by atoms with van der Waals surface area (Å²) in [6.45, 7) is 12.1. The molecule has 0 bridgehead atoms. The van der Waals surface area contributed by atoms with Crippen LogP contribution in [0.25, 0.3) is 0 Å². The number of rotatable bonds is 5. The first-order valence-corrected chi connectivity index (χ1v) is 5.48. The van der Waals surface area contributed by atoms with Gasteiger partial charge in [-0.25, -0.2) is 4.79 Å². The molecule has 0 saturated heterocycles. The van der Waals surface area contributed by atoms with Gasteiger partial charge in [0.2, 0.25) is 0 Å². The van der Waals surface area contributed by atoms with E-state index in [1.54, 1.807) is 0 Å². The Morgan fingerprint density at radius 2 is 2.13 bits per heavy atom. The van der Waals surface area contributed by atoms with E-state index in [0.29, 0.717) is 12.5 Å². The minimum atomic E-state index is -0.424. The van der Waals surface area contributed by atoms with Crippen molar-refractivity contribution >= 4 is 6.09 Å². The van der Waals surface area contributed by atoms with Gasteiger partial charge in [0, 0.05) is 6.54 Å². The van der Waals surface area contributed by atoms with Crippen LogP contribution in [0.3, 0.4) is 0 Å². The number of amides is 1. The summed E-state index contributed by atoms with van der Waals surface area (Å²) in [7, 11) is 0. The molecule has 0 aliphatic rings. The maximum absolute atomic E-state index is 11.3. The van der Waals surface area contributed by atoms with Crippen LogP contribution in [0.2, 0.25) is 0 Å². The summed E-state index contributed by atoms with van der Waals surface area (Å²) in [6.07, 6.45) is 3.55. The van der Waals surface area contributed by atoms with Crippen molar-refractivity contribution in [1.82, 2.24) is 5.32 Å². The molecule has 0 fully saturated rings. The van der Waals surface area contributed by atoms with E-state index in [2.05, 4.69) is 18.8 Å². The summed E-state index contributed by atoms with van der Waals surface area (Å²) in [5.41, 5.74) is -0.424. The Morgan fingerprint density at radius 1 is 1.53 bits per heavy atom. The summed E-state index contributed by atoms with van der Waals surface area (Å²) in [5.74, 6) is 0.472. The Morgan fingerprint density at radius 3 is 2.53 bits per heavy atom. The fraction of sp³-hybridized carbons (Fsp3) is 0.750. The van der Waals surface area contributed by atoms with Crippen molar-refractivity contribution in [2.45, 2.75) is 46.1 Å². The highest BCUT2D eigenvalue weighted by atomic mass is 16.6. The smallest absolute Gasteiger partial charge is 0.407 e. The second-order valence-electron chi connectivity index (χ2n) is 4.62. The first-order chi connectivity index (χ1) is 6.89. The Hall–Kier alpha value is -0.990. The van der Waals surface area contributed by atoms with Crippen LogP contribution >= 0.6 is 0 Å². The van der Waals surface area contributed by atoms with Crippen LogP contribution in [-0.4, -0.2) is 18.2 Å². The summed E-state index contributed by atoms with van der Waals surface area (Å²) in [4.78, 5) is 11.3. The molecule has 1 atom stereocenters. The Labute approximate surface area is 92.9 Å². The highest BCUT2D eigenvalue weighted by molar-refractivity contribution is 5.67. The second kappa shape index (κ2) is 6.49. The highest BCUT2D eigenvalue weighted by Crippen LogP contribution is 2.09. The number of ether oxygens (including phenoxy) is 1. The Kier molecular flexibility index (Phi) is 6.06. The highest BCUT2D eigenvalue weighted by Gasteiger charge is 2.15. The number of hydrogen-bond acceptors (Lipinski definition) is 2. The largest absolute Gasteiger partial charge is 0.444 e. The molecule has 0 aliphatic carbocycles. The molecule has 0 spiro atoms. The normalized spacial score (nSPS) is 13.1. The predicted octanol–water partition coefficient (Wildman–Crippen LogP) is 3.11. The van der Waals surface area contributed by atoms with Gasteiger partial charge < -0.3 is 10.1 Å². The zero-order chi connectivity index (χ0) is 11.9. The Bertz CT molecular complexity index is 206. The summed E-state index contributed by atoms with van der Waals surface area (Å²) in [6, 6.07) is 0. The third kappa shape index (κ3) is 8.03. The summed E-state index contributed by atoms with van der Waals surface area (Å²) < 4.78 is 5.11. The third-order valence-corrected chi connectivity index (χ3v) is 2.04. The van der Waals surface area contributed by atoms with Crippen molar-refractivity contribution in [1.29, 1.82) is 0 Å². The molecule has 0 aliphatic heterocycles. The van der Waals surface area contributed by atoms with Gasteiger partial charge >= 0.3 is 6.09 Å². The molecular formula is C12H23NO2. The van der Waals surface area contributed by atoms with Gasteiger partial charge in [-0.2, -0.15) is 0 Å². The minimum Gasteiger partial charge on any atom is -0.444 e. The Balaban J connectivity index is 3.68. The first kappa shape index (κ1) is 14.0. The molecule has 1 unspecified atom stereocenters. The van der Waals surface area contributed by atoms with Crippen molar-refractivity contribution < 1.29 is 9.53 Å². The van der Waals surface area contributed by atoms with E-state index in [1.165, 1.54) is 0 Å². The number of carbonyl (C=O) groups excluding carboxylic acids is 1. The standard InChI is InChI=1S/C12H23NO2/c1-6-10(7-2)8-9-13-11(14)15-12(3,4)5/h6,10H,1,7-9H2,2-5H3,(H,13,14). The number of alkyl carbamates (subject to hydrolysis) is 1. The fourth-order valence-corrected chi connectivity index (χ4v) is 1.16. The number of hydrogen-bond donors (Lipinski definition) is 1. The van der Waals surface area contributed by atoms with Crippen molar-refractivity contribution in [3.8, 4) is 0 Å². The SMILES string of the molecule is C=CC(CC)CCNC(=O)OC(C)(C)C. The molecule has 0 aromatic heterocycles. The van der Waals surface area contributed by atoms with Crippen LogP contribution in [0.5, 0.6) is 0 Å². The van der Waals surface area contributed by atoms with E-state index < -0.39 is 5.60 Å². The molecule has 88 valence electrons. The maximum atomic E-state index is 11.3. The predicted molar refractivity (Wildman–Crippen MR) is 62.8 cm³/mol. The van der Waals surface area contributed by atoms with Crippen LogP contribution in [0.4, 0.5) is 4.79 Å². The van der Waals surface area contributed by atoms with Crippen LogP contribution in [0, 0.1) is 5.92 Å². The molecule has 3 nitrogen and oxygen atoms in total. The molecule has 1 N–H and O–H groups in total. The molecule has 0 radical (unpaired) electrons. The lowest BCUT2D eigenvalue weighted by Crippen LogP contribution is -2.33. The summed E-state index contributed by atoms with van der Waals surface area (Å²) in [5, 5.41) is 2.73. The molecular weight excluding hydrogens is 190 g/mol. The van der Waals surface area contributed by atoms with Gasteiger partial charge in [0.15, 0.2) is 0 Å². The van der Waals surface area contributed by atoms with Crippen LogP contribution in [-0.2, 0) is 4.74 Å². The first-order valence-electron chi connectivity index (χ1n) is 5.48. The quantitative estimate of drug-likeness (QED) is 0.713. The zero-order valence-corrected chi connectivity index (χ0v) is 10.3.